The van der Waals surface area contributed by atoms with Crippen LogP contribution in [-0.2, 0) is 4.79 Å². The molecule has 0 rings (SSSR count). The summed E-state index contributed by atoms with van der Waals surface area (Å²) in [5.41, 5.74) is 0. The molecule has 0 fully saturated rings. The van der Waals surface area contributed by atoms with Gasteiger partial charge in [0, 0.05) is 6.54 Å². The summed E-state index contributed by atoms with van der Waals surface area (Å²) >= 11 is 3.41. The highest BCUT2D eigenvalue weighted by molar-refractivity contribution is 6.22. The predicted molar refractivity (Wildman–Crippen MR) is 60.6 cm³/mol. The van der Waals surface area contributed by atoms with Crippen LogP contribution in [0.15, 0.2) is 0 Å². The lowest BCUT2D eigenvalue weighted by atomic mass is 9.91. The SMILES string of the molecule is O=C(NCCO)C(F)(F)C(F)(F)C(F)(F)C(F)(F)C(F)(F)C(F)(F)C(F)(F)Cl. The highest BCUT2D eigenvalue weighted by Crippen LogP contribution is 2.62. The monoisotopic (exact) mass is 473 g/mol. The molecule has 18 heteroatoms. The van der Waals surface area contributed by atoms with Gasteiger partial charge in [-0.3, -0.25) is 4.79 Å². The van der Waals surface area contributed by atoms with Gasteiger partial charge in [0.1, 0.15) is 0 Å². The van der Waals surface area contributed by atoms with Crippen molar-refractivity contribution in [1.82, 2.24) is 5.32 Å². The molecule has 0 aromatic heterocycles. The van der Waals surface area contributed by atoms with Crippen LogP contribution in [0, 0.1) is 0 Å². The highest BCUT2D eigenvalue weighted by atomic mass is 35.5. The Labute approximate surface area is 149 Å². The second-order valence-corrected chi connectivity index (χ2v) is 5.40. The van der Waals surface area contributed by atoms with Crippen molar-refractivity contribution in [2.45, 2.75) is 40.9 Å². The maximum Gasteiger partial charge on any atom is 0.393 e. The Balaban J connectivity index is 6.43. The van der Waals surface area contributed by atoms with E-state index in [0.29, 0.717) is 5.32 Å². The van der Waals surface area contributed by atoms with Crippen LogP contribution in [-0.4, -0.2) is 65.1 Å². The van der Waals surface area contributed by atoms with Crippen molar-refractivity contribution in [3.8, 4) is 0 Å². The molecule has 0 aliphatic carbocycles. The summed E-state index contributed by atoms with van der Waals surface area (Å²) in [4.78, 5) is 10.7. The van der Waals surface area contributed by atoms with Crippen molar-refractivity contribution in [3.05, 3.63) is 0 Å². The molecule has 0 spiro atoms. The number of carbonyl (C=O) groups excluding carboxylic acids is 1. The Kier molecular flexibility index (Phi) is 6.89. The summed E-state index contributed by atoms with van der Waals surface area (Å²) < 4.78 is 182. The lowest BCUT2D eigenvalue weighted by Crippen LogP contribution is -2.73. The van der Waals surface area contributed by atoms with Crippen LogP contribution in [0.5, 0.6) is 0 Å². The first-order chi connectivity index (χ1) is 12.0. The number of amides is 1. The molecule has 0 bridgehead atoms. The van der Waals surface area contributed by atoms with Crippen molar-refractivity contribution in [2.24, 2.45) is 0 Å². The molecule has 0 atom stereocenters. The number of nitrogens with one attached hydrogen (secondary N) is 1. The fourth-order valence-corrected chi connectivity index (χ4v) is 1.51. The molecule has 168 valence electrons. The molecule has 3 nitrogen and oxygen atoms in total. The van der Waals surface area contributed by atoms with Crippen LogP contribution >= 0.6 is 11.6 Å². The van der Waals surface area contributed by atoms with Gasteiger partial charge < -0.3 is 10.4 Å². The first-order valence-corrected chi connectivity index (χ1v) is 6.59. The topological polar surface area (TPSA) is 49.3 Å². The smallest absolute Gasteiger partial charge is 0.393 e. The number of hydrogen-bond acceptors (Lipinski definition) is 2. The Morgan fingerprint density at radius 2 is 1.00 bits per heavy atom. The second-order valence-electron chi connectivity index (χ2n) is 4.92. The summed E-state index contributed by atoms with van der Waals surface area (Å²) in [7, 11) is 0. The number of aliphatic hydroxyl groups is 1. The molecule has 0 radical (unpaired) electrons. The summed E-state index contributed by atoms with van der Waals surface area (Å²) in [5, 5.41) is 2.07. The summed E-state index contributed by atoms with van der Waals surface area (Å²) in [6.45, 7) is -2.60. The van der Waals surface area contributed by atoms with Gasteiger partial charge in [-0.05, 0) is 11.6 Å². The fraction of sp³-hybridized carbons (Fsp3) is 0.900. The number of hydrogen-bond donors (Lipinski definition) is 2. The normalized spacial score (nSPS) is 15.6. The average Bonchev–Trinajstić information content (AvgIpc) is 2.50. The van der Waals surface area contributed by atoms with Gasteiger partial charge in [0.2, 0.25) is 0 Å². The minimum absolute atomic E-state index is 0.622. The van der Waals surface area contributed by atoms with Gasteiger partial charge in [0.15, 0.2) is 0 Å². The van der Waals surface area contributed by atoms with E-state index in [1.807, 2.05) is 0 Å². The van der Waals surface area contributed by atoms with E-state index in [1.54, 1.807) is 0 Å². The molecule has 0 saturated heterocycles. The van der Waals surface area contributed by atoms with Crippen LogP contribution in [0.3, 0.4) is 0 Å². The fourth-order valence-electron chi connectivity index (χ4n) is 1.39. The maximum atomic E-state index is 13.3. The van der Waals surface area contributed by atoms with Gasteiger partial charge in [-0.25, -0.2) is 0 Å². The van der Waals surface area contributed by atoms with Crippen LogP contribution in [0.25, 0.3) is 0 Å². The molecule has 0 aromatic carbocycles. The third-order valence-corrected chi connectivity index (χ3v) is 3.25. The molecule has 0 saturated carbocycles. The van der Waals surface area contributed by atoms with E-state index in [1.165, 1.54) is 0 Å². The summed E-state index contributed by atoms with van der Waals surface area (Å²) in [5.74, 6) is -50.5. The van der Waals surface area contributed by atoms with Gasteiger partial charge in [-0.15, -0.1) is 0 Å². The molecule has 0 aromatic rings. The molecule has 0 heterocycles. The van der Waals surface area contributed by atoms with Crippen molar-refractivity contribution in [2.75, 3.05) is 13.2 Å². The molecule has 2 N–H and O–H groups in total. The van der Waals surface area contributed by atoms with Crippen LogP contribution in [0.4, 0.5) is 61.5 Å². The van der Waals surface area contributed by atoms with Crippen molar-refractivity contribution in [1.29, 1.82) is 0 Å². The first-order valence-electron chi connectivity index (χ1n) is 6.21. The van der Waals surface area contributed by atoms with Crippen LogP contribution < -0.4 is 5.32 Å². The highest BCUT2D eigenvalue weighted by Gasteiger charge is 2.93. The Bertz CT molecular complexity index is 587. The zero-order chi connectivity index (χ0) is 23.2. The largest absolute Gasteiger partial charge is 0.395 e. The Morgan fingerprint density at radius 1 is 0.679 bits per heavy atom. The molecule has 28 heavy (non-hydrogen) atoms. The summed E-state index contributed by atoms with van der Waals surface area (Å²) in [6.07, 6.45) is 0. The quantitative estimate of drug-likeness (QED) is 0.396. The molecule has 0 unspecified atom stereocenters. The lowest BCUT2D eigenvalue weighted by Gasteiger charge is -2.41. The third-order valence-electron chi connectivity index (χ3n) is 3.01. The summed E-state index contributed by atoms with van der Waals surface area (Å²) in [6, 6.07) is 0. The minimum atomic E-state index is -8.29. The zero-order valence-electron chi connectivity index (χ0n) is 12.4. The van der Waals surface area contributed by atoms with E-state index >= 15 is 0 Å². The van der Waals surface area contributed by atoms with E-state index in [4.69, 9.17) is 5.11 Å². The molecule has 1 amide bonds. The van der Waals surface area contributed by atoms with Crippen molar-refractivity contribution >= 4 is 17.5 Å². The van der Waals surface area contributed by atoms with Gasteiger partial charge in [-0.2, -0.15) is 61.5 Å². The van der Waals surface area contributed by atoms with E-state index in [2.05, 4.69) is 11.6 Å². The molecular weight excluding hydrogens is 468 g/mol. The van der Waals surface area contributed by atoms with Crippen LogP contribution in [0.2, 0.25) is 0 Å². The second kappa shape index (κ2) is 7.21. The van der Waals surface area contributed by atoms with Crippen molar-refractivity contribution in [3.63, 3.8) is 0 Å². The Hall–Kier alpha value is -1.26. The van der Waals surface area contributed by atoms with Crippen LogP contribution in [0.1, 0.15) is 0 Å². The lowest BCUT2D eigenvalue weighted by molar-refractivity contribution is -0.431. The molecular formula is C10H6ClF14NO2. The first kappa shape index (κ1) is 26.7. The van der Waals surface area contributed by atoms with Crippen molar-refractivity contribution < 1.29 is 71.4 Å². The zero-order valence-corrected chi connectivity index (χ0v) is 13.2. The van der Waals surface area contributed by atoms with E-state index < -0.39 is 60.0 Å². The molecule has 0 aliphatic rings. The predicted octanol–water partition coefficient (Wildman–Crippen LogP) is 3.74. The van der Waals surface area contributed by atoms with Gasteiger partial charge >= 0.3 is 40.9 Å². The minimum Gasteiger partial charge on any atom is -0.395 e. The van der Waals surface area contributed by atoms with Gasteiger partial charge in [-0.1, -0.05) is 0 Å². The Morgan fingerprint density at radius 3 is 1.32 bits per heavy atom. The van der Waals surface area contributed by atoms with Gasteiger partial charge in [0.05, 0.1) is 6.61 Å². The third kappa shape index (κ3) is 3.54. The standard InChI is InChI=1S/C10H6ClF14NO2/c11-10(24,25)9(22,23)8(20,21)7(18,19)6(16,17)5(14,15)4(12,13)3(28)26-1-2-27/h27H,1-2H2,(H,26,28). The molecule has 0 aliphatic heterocycles. The van der Waals surface area contributed by atoms with E-state index in [9.17, 15) is 66.3 Å². The van der Waals surface area contributed by atoms with E-state index in [-0.39, 0.29) is 0 Å². The number of rotatable bonds is 9. The number of aliphatic hydroxyl groups excluding tert-OH is 1. The number of alkyl halides is 15. The number of halogens is 15. The number of carbonyl (C=O) groups is 1. The average molecular weight is 474 g/mol. The van der Waals surface area contributed by atoms with Gasteiger partial charge in [0.25, 0.3) is 5.91 Å². The van der Waals surface area contributed by atoms with E-state index in [0.717, 1.165) is 0 Å². The maximum absolute atomic E-state index is 13.3.